The number of fused-ring (bicyclic) bond motifs is 1. The highest BCUT2D eigenvalue weighted by atomic mass is 32.2. The van der Waals surface area contributed by atoms with Gasteiger partial charge in [-0.05, 0) is 35.9 Å². The lowest BCUT2D eigenvalue weighted by molar-refractivity contribution is -0.137. The number of hydrogen-bond acceptors (Lipinski definition) is 4. The molecule has 31 heavy (non-hydrogen) atoms. The van der Waals surface area contributed by atoms with Crippen LogP contribution in [0.2, 0.25) is 0 Å². The lowest BCUT2D eigenvalue weighted by Gasteiger charge is -2.10. The maximum Gasteiger partial charge on any atom is 0.417 e. The van der Waals surface area contributed by atoms with E-state index in [0.717, 1.165) is 6.07 Å². The third-order valence-electron chi connectivity index (χ3n) is 4.80. The van der Waals surface area contributed by atoms with E-state index in [1.165, 1.54) is 49.5 Å². The molecule has 0 spiro atoms. The number of sulfone groups is 1. The molecule has 0 atom stereocenters. The smallest absolute Gasteiger partial charge is 0.352 e. The molecule has 3 heterocycles. The molecule has 10 heteroatoms. The van der Waals surface area contributed by atoms with Gasteiger partial charge in [-0.2, -0.15) is 13.2 Å². The number of aromatic nitrogens is 3. The Morgan fingerprint density at radius 2 is 1.68 bits per heavy atom. The highest BCUT2D eigenvalue weighted by Crippen LogP contribution is 2.34. The van der Waals surface area contributed by atoms with Crippen LogP contribution in [0.15, 0.2) is 59.8 Å². The second kappa shape index (κ2) is 7.45. The van der Waals surface area contributed by atoms with Crippen LogP contribution in [-0.2, 0) is 16.0 Å². The maximum absolute atomic E-state index is 13.2. The Hall–Kier alpha value is -3.27. The summed E-state index contributed by atoms with van der Waals surface area (Å²) >= 11 is 0. The summed E-state index contributed by atoms with van der Waals surface area (Å²) in [6.45, 7) is 1.48. The molecule has 0 fully saturated rings. The van der Waals surface area contributed by atoms with Gasteiger partial charge < -0.3 is 4.98 Å². The number of hydrogen-bond donors (Lipinski definition) is 1. The molecule has 0 unspecified atom stereocenters. The van der Waals surface area contributed by atoms with Gasteiger partial charge in [0.1, 0.15) is 11.5 Å². The van der Waals surface area contributed by atoms with Crippen LogP contribution >= 0.6 is 0 Å². The Morgan fingerprint density at radius 3 is 2.32 bits per heavy atom. The van der Waals surface area contributed by atoms with E-state index in [2.05, 4.69) is 15.0 Å². The summed E-state index contributed by atoms with van der Waals surface area (Å²) in [5.74, 6) is -0.635. The summed E-state index contributed by atoms with van der Waals surface area (Å²) < 4.78 is 77.7. The minimum atomic E-state index is -4.56. The zero-order valence-electron chi connectivity index (χ0n) is 16.0. The van der Waals surface area contributed by atoms with Gasteiger partial charge in [-0.25, -0.2) is 12.8 Å². The van der Waals surface area contributed by atoms with E-state index in [1.807, 2.05) is 0 Å². The molecule has 160 valence electrons. The molecule has 1 aromatic carbocycles. The van der Waals surface area contributed by atoms with Crippen LogP contribution in [0.1, 0.15) is 12.5 Å². The van der Waals surface area contributed by atoms with E-state index in [9.17, 15) is 26.0 Å². The summed E-state index contributed by atoms with van der Waals surface area (Å²) in [6, 6.07) is 9.28. The van der Waals surface area contributed by atoms with Crippen LogP contribution in [0, 0.1) is 5.82 Å². The third-order valence-corrected chi connectivity index (χ3v) is 6.54. The predicted octanol–water partition coefficient (Wildman–Crippen LogP) is 5.24. The minimum Gasteiger partial charge on any atom is -0.352 e. The third kappa shape index (κ3) is 4.02. The van der Waals surface area contributed by atoms with Gasteiger partial charge in [0.05, 0.1) is 32.9 Å². The summed E-state index contributed by atoms with van der Waals surface area (Å²) in [4.78, 5) is 10.8. The first kappa shape index (κ1) is 21.0. The highest BCUT2D eigenvalue weighted by Gasteiger charge is 2.31. The van der Waals surface area contributed by atoms with Crippen LogP contribution in [0.4, 0.5) is 17.6 Å². The molecule has 0 radical (unpaired) electrons. The van der Waals surface area contributed by atoms with E-state index >= 15 is 0 Å². The number of alkyl halides is 3. The fraction of sp³-hybridized carbons (Fsp3) is 0.143. The molecule has 3 aromatic heterocycles. The molecule has 4 rings (SSSR count). The molecule has 0 saturated carbocycles. The quantitative estimate of drug-likeness (QED) is 0.432. The molecule has 4 aromatic rings. The van der Waals surface area contributed by atoms with Crippen molar-refractivity contribution in [2.24, 2.45) is 0 Å². The number of benzene rings is 1. The average Bonchev–Trinajstić information content (AvgIpc) is 3.16. The Kier molecular flexibility index (Phi) is 5.04. The van der Waals surface area contributed by atoms with Crippen molar-refractivity contribution < 1.29 is 26.0 Å². The molecule has 1 N–H and O–H groups in total. The van der Waals surface area contributed by atoms with Crippen molar-refractivity contribution in [3.63, 3.8) is 0 Å². The van der Waals surface area contributed by atoms with Crippen molar-refractivity contribution in [1.29, 1.82) is 0 Å². The van der Waals surface area contributed by atoms with Crippen molar-refractivity contribution in [1.82, 2.24) is 15.0 Å². The van der Waals surface area contributed by atoms with Crippen LogP contribution < -0.4 is 0 Å². The van der Waals surface area contributed by atoms with Gasteiger partial charge in [0.15, 0.2) is 9.84 Å². The van der Waals surface area contributed by atoms with E-state index in [4.69, 9.17) is 0 Å². The first-order valence-electron chi connectivity index (χ1n) is 9.13. The van der Waals surface area contributed by atoms with Crippen molar-refractivity contribution in [2.45, 2.75) is 18.0 Å². The van der Waals surface area contributed by atoms with E-state index in [0.29, 0.717) is 17.3 Å². The Bertz CT molecular complexity index is 1380. The van der Waals surface area contributed by atoms with Crippen molar-refractivity contribution in [2.75, 3.05) is 5.75 Å². The molecule has 5 nitrogen and oxygen atoms in total. The maximum atomic E-state index is 13.2. The second-order valence-electron chi connectivity index (χ2n) is 6.82. The standard InChI is InChI=1S/C21H15F4N3O2S/c1-2-31(29,30)19-7-13(12-3-5-15(22)6-4-12)10-27-20(19)18-9-16-17(28-18)8-14(11-26-16)21(23,24)25/h3-11,28H,2H2,1H3. The second-order valence-corrected chi connectivity index (χ2v) is 9.07. The van der Waals surface area contributed by atoms with Gasteiger partial charge in [0, 0.05) is 18.0 Å². The molecule has 0 saturated heterocycles. The highest BCUT2D eigenvalue weighted by molar-refractivity contribution is 7.91. The summed E-state index contributed by atoms with van der Waals surface area (Å²) in [6.07, 6.45) is -2.41. The number of H-pyrrole nitrogens is 1. The normalized spacial score (nSPS) is 12.4. The average molecular weight is 449 g/mol. The number of pyridine rings is 2. The number of nitrogens with zero attached hydrogens (tertiary/aromatic N) is 2. The molecular weight excluding hydrogens is 434 g/mol. The van der Waals surface area contributed by atoms with Crippen molar-refractivity contribution in [3.8, 4) is 22.5 Å². The Balaban J connectivity index is 1.88. The first-order valence-corrected chi connectivity index (χ1v) is 10.8. The molecule has 0 bridgehead atoms. The lowest BCUT2D eigenvalue weighted by atomic mass is 10.1. The fourth-order valence-corrected chi connectivity index (χ4v) is 4.21. The van der Waals surface area contributed by atoms with Crippen LogP contribution in [0.5, 0.6) is 0 Å². The summed E-state index contributed by atoms with van der Waals surface area (Å²) in [7, 11) is -3.74. The van der Waals surface area contributed by atoms with Crippen LogP contribution in [0.25, 0.3) is 33.5 Å². The fourth-order valence-electron chi connectivity index (χ4n) is 3.13. The van der Waals surface area contributed by atoms with Gasteiger partial charge in [0.2, 0.25) is 0 Å². The van der Waals surface area contributed by atoms with Gasteiger partial charge in [-0.15, -0.1) is 0 Å². The first-order chi connectivity index (χ1) is 14.6. The SMILES string of the molecule is CCS(=O)(=O)c1cc(-c2ccc(F)cc2)cnc1-c1cc2ncc(C(F)(F)F)cc2[nH]1. The summed E-state index contributed by atoms with van der Waals surface area (Å²) in [5, 5.41) is 0. The monoisotopic (exact) mass is 449 g/mol. The van der Waals surface area contributed by atoms with Crippen LogP contribution in [0.3, 0.4) is 0 Å². The zero-order chi connectivity index (χ0) is 22.4. The lowest BCUT2D eigenvalue weighted by Crippen LogP contribution is -2.07. The van der Waals surface area contributed by atoms with E-state index < -0.39 is 27.4 Å². The minimum absolute atomic E-state index is 0.0688. The number of rotatable bonds is 4. The molecule has 0 aliphatic heterocycles. The number of nitrogens with one attached hydrogen (secondary N) is 1. The predicted molar refractivity (Wildman–Crippen MR) is 107 cm³/mol. The van der Waals surface area contributed by atoms with Crippen LogP contribution in [-0.4, -0.2) is 29.1 Å². The topological polar surface area (TPSA) is 75.7 Å². The summed E-state index contributed by atoms with van der Waals surface area (Å²) in [5.41, 5.74) is 0.750. The number of halogens is 4. The molecular formula is C21H15F4N3O2S. The Labute approximate surface area is 174 Å². The molecule has 0 aliphatic carbocycles. The van der Waals surface area contributed by atoms with Gasteiger partial charge in [-0.1, -0.05) is 19.1 Å². The Morgan fingerprint density at radius 1 is 0.968 bits per heavy atom. The molecule has 0 aliphatic rings. The van der Waals surface area contributed by atoms with Gasteiger partial charge in [-0.3, -0.25) is 9.97 Å². The molecule has 0 amide bonds. The zero-order valence-corrected chi connectivity index (χ0v) is 16.9. The van der Waals surface area contributed by atoms with Gasteiger partial charge in [0.25, 0.3) is 0 Å². The van der Waals surface area contributed by atoms with Gasteiger partial charge >= 0.3 is 6.18 Å². The number of aromatic amines is 1. The largest absolute Gasteiger partial charge is 0.417 e. The van der Waals surface area contributed by atoms with Crippen molar-refractivity contribution in [3.05, 3.63) is 66.2 Å². The van der Waals surface area contributed by atoms with E-state index in [1.54, 1.807) is 0 Å². The van der Waals surface area contributed by atoms with Crippen molar-refractivity contribution >= 4 is 20.9 Å². The van der Waals surface area contributed by atoms with E-state index in [-0.39, 0.29) is 33.1 Å².